The molecule has 1 N–H and O–H groups in total. The summed E-state index contributed by atoms with van der Waals surface area (Å²) >= 11 is 1.59. The largest absolute Gasteiger partial charge is 0.331 e. The minimum atomic E-state index is 0.888. The minimum absolute atomic E-state index is 0.888. The summed E-state index contributed by atoms with van der Waals surface area (Å²) in [7, 11) is 0. The summed E-state index contributed by atoms with van der Waals surface area (Å²) < 4.78 is 0. The van der Waals surface area contributed by atoms with Gasteiger partial charge in [0.1, 0.15) is 5.69 Å². The number of aryl methyl sites for hydroxylation is 2. The van der Waals surface area contributed by atoms with E-state index in [2.05, 4.69) is 47.3 Å². The third-order valence-electron chi connectivity index (χ3n) is 3.07. The number of anilines is 2. The van der Waals surface area contributed by atoms with Crippen LogP contribution >= 0.6 is 11.3 Å². The lowest BCUT2D eigenvalue weighted by Crippen LogP contribution is -1.93. The molecule has 0 aliphatic heterocycles. The fraction of sp³-hybridized carbons (Fsp3) is 0.125. The third-order valence-corrected chi connectivity index (χ3v) is 3.82. The Bertz CT molecular complexity index is 720. The molecule has 0 aliphatic rings. The van der Waals surface area contributed by atoms with Crippen LogP contribution in [0.4, 0.5) is 10.8 Å². The van der Waals surface area contributed by atoms with Gasteiger partial charge in [-0.25, -0.2) is 4.98 Å². The number of benzene rings is 1. The Morgan fingerprint density at radius 3 is 2.75 bits per heavy atom. The molecule has 3 aromatic rings. The molecule has 0 saturated heterocycles. The highest BCUT2D eigenvalue weighted by molar-refractivity contribution is 7.14. The molecule has 0 aliphatic carbocycles. The number of hydrogen-bond acceptors (Lipinski definition) is 4. The van der Waals surface area contributed by atoms with Crippen LogP contribution in [0.25, 0.3) is 11.4 Å². The van der Waals surface area contributed by atoms with Gasteiger partial charge in [0.25, 0.3) is 0 Å². The number of rotatable bonds is 3. The summed E-state index contributed by atoms with van der Waals surface area (Å²) in [5, 5.41) is 6.29. The quantitative estimate of drug-likeness (QED) is 0.764. The van der Waals surface area contributed by atoms with Crippen LogP contribution in [0.2, 0.25) is 0 Å². The normalized spacial score (nSPS) is 10.5. The number of pyridine rings is 1. The Kier molecular flexibility index (Phi) is 3.48. The molecule has 2 aromatic heterocycles. The summed E-state index contributed by atoms with van der Waals surface area (Å²) in [6.07, 6.45) is 1.78. The van der Waals surface area contributed by atoms with Crippen molar-refractivity contribution in [3.8, 4) is 11.4 Å². The molecule has 3 rings (SSSR count). The van der Waals surface area contributed by atoms with E-state index in [4.69, 9.17) is 0 Å². The SMILES string of the molecule is Cc1ccc(C)c(Nc2nc(-c3ccccn3)cs2)c1. The van der Waals surface area contributed by atoms with Crippen molar-refractivity contribution < 1.29 is 0 Å². The summed E-state index contributed by atoms with van der Waals surface area (Å²) in [4.78, 5) is 8.91. The van der Waals surface area contributed by atoms with Gasteiger partial charge in [-0.1, -0.05) is 18.2 Å². The zero-order valence-electron chi connectivity index (χ0n) is 11.4. The average molecular weight is 281 g/mol. The van der Waals surface area contributed by atoms with Crippen LogP contribution < -0.4 is 5.32 Å². The lowest BCUT2D eigenvalue weighted by atomic mass is 10.1. The predicted octanol–water partition coefficient (Wildman–Crippen LogP) is 4.57. The highest BCUT2D eigenvalue weighted by Crippen LogP contribution is 2.27. The lowest BCUT2D eigenvalue weighted by Gasteiger charge is -2.07. The number of nitrogens with one attached hydrogen (secondary N) is 1. The first kappa shape index (κ1) is 12.8. The maximum Gasteiger partial charge on any atom is 0.187 e. The first-order valence-electron chi connectivity index (χ1n) is 6.43. The maximum absolute atomic E-state index is 4.59. The molecular weight excluding hydrogens is 266 g/mol. The van der Waals surface area contributed by atoms with Crippen molar-refractivity contribution in [1.29, 1.82) is 0 Å². The monoisotopic (exact) mass is 281 g/mol. The van der Waals surface area contributed by atoms with E-state index < -0.39 is 0 Å². The second kappa shape index (κ2) is 5.43. The first-order valence-corrected chi connectivity index (χ1v) is 7.31. The van der Waals surface area contributed by atoms with Gasteiger partial charge in [-0.05, 0) is 43.2 Å². The van der Waals surface area contributed by atoms with E-state index in [1.165, 1.54) is 11.1 Å². The van der Waals surface area contributed by atoms with Crippen LogP contribution in [0.5, 0.6) is 0 Å². The van der Waals surface area contributed by atoms with Crippen molar-refractivity contribution in [3.05, 3.63) is 59.1 Å². The standard InChI is InChI=1S/C16H15N3S/c1-11-6-7-12(2)14(9-11)18-16-19-15(10-20-16)13-5-3-4-8-17-13/h3-10H,1-2H3,(H,18,19). The van der Waals surface area contributed by atoms with Crippen LogP contribution in [0.15, 0.2) is 48.0 Å². The molecule has 20 heavy (non-hydrogen) atoms. The van der Waals surface area contributed by atoms with Crippen molar-refractivity contribution in [2.75, 3.05) is 5.32 Å². The van der Waals surface area contributed by atoms with Crippen molar-refractivity contribution in [2.24, 2.45) is 0 Å². The highest BCUT2D eigenvalue weighted by atomic mass is 32.1. The van der Waals surface area contributed by atoms with E-state index in [0.29, 0.717) is 0 Å². The smallest absolute Gasteiger partial charge is 0.187 e. The van der Waals surface area contributed by atoms with Crippen LogP contribution in [0.3, 0.4) is 0 Å². The minimum Gasteiger partial charge on any atom is -0.331 e. The zero-order valence-corrected chi connectivity index (χ0v) is 12.2. The molecule has 2 heterocycles. The molecule has 0 atom stereocenters. The Labute approximate surface area is 122 Å². The Hall–Kier alpha value is -2.20. The first-order chi connectivity index (χ1) is 9.72. The average Bonchev–Trinajstić information content (AvgIpc) is 2.92. The van der Waals surface area contributed by atoms with Crippen LogP contribution in [0, 0.1) is 13.8 Å². The number of thiazole rings is 1. The molecule has 1 aromatic carbocycles. The third kappa shape index (κ3) is 2.70. The van der Waals surface area contributed by atoms with Crippen molar-refractivity contribution in [2.45, 2.75) is 13.8 Å². The molecule has 0 spiro atoms. The fourth-order valence-electron chi connectivity index (χ4n) is 1.95. The Morgan fingerprint density at radius 2 is 1.95 bits per heavy atom. The number of nitrogens with zero attached hydrogens (tertiary/aromatic N) is 2. The topological polar surface area (TPSA) is 37.8 Å². The summed E-state index contributed by atoms with van der Waals surface area (Å²) in [6, 6.07) is 12.2. The van der Waals surface area contributed by atoms with Gasteiger partial charge in [0, 0.05) is 17.3 Å². The van der Waals surface area contributed by atoms with Crippen molar-refractivity contribution in [3.63, 3.8) is 0 Å². The van der Waals surface area contributed by atoms with E-state index in [-0.39, 0.29) is 0 Å². The van der Waals surface area contributed by atoms with Crippen molar-refractivity contribution >= 4 is 22.2 Å². The van der Waals surface area contributed by atoms with Gasteiger partial charge in [0.15, 0.2) is 5.13 Å². The molecule has 0 saturated carbocycles. The molecular formula is C16H15N3S. The Morgan fingerprint density at radius 1 is 1.05 bits per heavy atom. The van der Waals surface area contributed by atoms with E-state index >= 15 is 0 Å². The van der Waals surface area contributed by atoms with Gasteiger partial charge in [0.2, 0.25) is 0 Å². The van der Waals surface area contributed by atoms with Gasteiger partial charge < -0.3 is 5.32 Å². The van der Waals surface area contributed by atoms with E-state index in [1.54, 1.807) is 17.5 Å². The Balaban J connectivity index is 1.86. The molecule has 3 nitrogen and oxygen atoms in total. The van der Waals surface area contributed by atoms with E-state index in [9.17, 15) is 0 Å². The van der Waals surface area contributed by atoms with E-state index in [1.807, 2.05) is 23.6 Å². The highest BCUT2D eigenvalue weighted by Gasteiger charge is 2.06. The molecule has 0 fully saturated rings. The molecule has 0 radical (unpaired) electrons. The molecule has 100 valence electrons. The van der Waals surface area contributed by atoms with Gasteiger partial charge in [0.05, 0.1) is 5.69 Å². The molecule has 0 bridgehead atoms. The fourth-order valence-corrected chi connectivity index (χ4v) is 2.67. The van der Waals surface area contributed by atoms with Gasteiger partial charge in [-0.3, -0.25) is 4.98 Å². The summed E-state index contributed by atoms with van der Waals surface area (Å²) in [6.45, 7) is 4.18. The number of aromatic nitrogens is 2. The zero-order chi connectivity index (χ0) is 13.9. The summed E-state index contributed by atoms with van der Waals surface area (Å²) in [5.74, 6) is 0. The van der Waals surface area contributed by atoms with Crippen LogP contribution in [0.1, 0.15) is 11.1 Å². The molecule has 0 unspecified atom stereocenters. The lowest BCUT2D eigenvalue weighted by molar-refractivity contribution is 1.27. The van der Waals surface area contributed by atoms with Crippen molar-refractivity contribution in [1.82, 2.24) is 9.97 Å². The van der Waals surface area contributed by atoms with Gasteiger partial charge >= 0.3 is 0 Å². The van der Waals surface area contributed by atoms with E-state index in [0.717, 1.165) is 22.2 Å². The summed E-state index contributed by atoms with van der Waals surface area (Å²) in [5.41, 5.74) is 5.36. The van der Waals surface area contributed by atoms with Crippen LogP contribution in [-0.2, 0) is 0 Å². The number of hydrogen-bond donors (Lipinski definition) is 1. The second-order valence-electron chi connectivity index (χ2n) is 4.70. The second-order valence-corrected chi connectivity index (χ2v) is 5.55. The van der Waals surface area contributed by atoms with Gasteiger partial charge in [-0.2, -0.15) is 0 Å². The predicted molar refractivity (Wildman–Crippen MR) is 84.5 cm³/mol. The molecule has 4 heteroatoms. The molecule has 0 amide bonds. The van der Waals surface area contributed by atoms with Gasteiger partial charge in [-0.15, -0.1) is 11.3 Å². The van der Waals surface area contributed by atoms with Crippen LogP contribution in [-0.4, -0.2) is 9.97 Å². The maximum atomic E-state index is 4.59.